The van der Waals surface area contributed by atoms with Crippen LogP contribution in [0.5, 0.6) is 0 Å². The van der Waals surface area contributed by atoms with Crippen LogP contribution in [0.4, 0.5) is 0 Å². The number of hydrogen-bond donors (Lipinski definition) is 1. The smallest absolute Gasteiger partial charge is 0.0455 e. The molecule has 0 saturated carbocycles. The molecule has 96 valence electrons. The van der Waals surface area contributed by atoms with Gasteiger partial charge in [0.25, 0.3) is 0 Å². The summed E-state index contributed by atoms with van der Waals surface area (Å²) in [5, 5.41) is 3.40. The van der Waals surface area contributed by atoms with Gasteiger partial charge in [0, 0.05) is 56.6 Å². The van der Waals surface area contributed by atoms with Gasteiger partial charge in [-0.1, -0.05) is 6.07 Å². The molecule has 1 aliphatic heterocycles. The minimum atomic E-state index is 1.13. The van der Waals surface area contributed by atoms with Crippen LogP contribution >= 0.6 is 0 Å². The van der Waals surface area contributed by atoms with Gasteiger partial charge in [-0.05, 0) is 30.7 Å². The lowest BCUT2D eigenvalue weighted by atomic mass is 10.2. The molecule has 3 heteroatoms. The molecule has 0 aromatic carbocycles. The fourth-order valence-electron chi connectivity index (χ4n) is 2.83. The highest BCUT2D eigenvalue weighted by Gasteiger charge is 2.11. The summed E-state index contributed by atoms with van der Waals surface area (Å²) in [6.45, 7) is 8.02. The summed E-state index contributed by atoms with van der Waals surface area (Å²) >= 11 is 0. The van der Waals surface area contributed by atoms with Crippen molar-refractivity contribution in [3.63, 3.8) is 0 Å². The van der Waals surface area contributed by atoms with E-state index >= 15 is 0 Å². The van der Waals surface area contributed by atoms with Crippen LogP contribution in [0.2, 0.25) is 0 Å². The number of pyridine rings is 1. The lowest BCUT2D eigenvalue weighted by molar-refractivity contribution is 0.243. The SMILES string of the molecule is Cc1cc2ccccn2c1CCN1CCNCC1. The standard InChI is InChI=1S/C15H21N3/c1-13-12-14-4-2-3-8-18(14)15(13)5-9-17-10-6-16-7-11-17/h2-4,8,12,16H,5-7,9-11H2,1H3. The summed E-state index contributed by atoms with van der Waals surface area (Å²) in [7, 11) is 0. The fraction of sp³-hybridized carbons (Fsp3) is 0.467. The van der Waals surface area contributed by atoms with Crippen LogP contribution < -0.4 is 5.32 Å². The molecule has 3 heterocycles. The van der Waals surface area contributed by atoms with Crippen molar-refractivity contribution in [3.05, 3.63) is 41.7 Å². The molecular weight excluding hydrogens is 222 g/mol. The summed E-state index contributed by atoms with van der Waals surface area (Å²) in [5.41, 5.74) is 4.19. The van der Waals surface area contributed by atoms with E-state index in [2.05, 4.69) is 52.0 Å². The largest absolute Gasteiger partial charge is 0.321 e. The third-order valence-corrected chi connectivity index (χ3v) is 3.88. The number of fused-ring (bicyclic) bond motifs is 1. The second-order valence-electron chi connectivity index (χ2n) is 5.11. The second kappa shape index (κ2) is 5.12. The Morgan fingerprint density at radius 2 is 2.06 bits per heavy atom. The molecular formula is C15H21N3. The van der Waals surface area contributed by atoms with Crippen LogP contribution in [0.25, 0.3) is 5.52 Å². The first kappa shape index (κ1) is 11.8. The van der Waals surface area contributed by atoms with Gasteiger partial charge in [-0.3, -0.25) is 0 Å². The van der Waals surface area contributed by atoms with Crippen molar-refractivity contribution in [1.82, 2.24) is 14.6 Å². The van der Waals surface area contributed by atoms with Crippen molar-refractivity contribution in [2.75, 3.05) is 32.7 Å². The predicted molar refractivity (Wildman–Crippen MR) is 75.1 cm³/mol. The molecule has 0 spiro atoms. The van der Waals surface area contributed by atoms with Crippen LogP contribution in [0.1, 0.15) is 11.3 Å². The van der Waals surface area contributed by atoms with Crippen molar-refractivity contribution < 1.29 is 0 Å². The maximum atomic E-state index is 3.40. The van der Waals surface area contributed by atoms with Crippen LogP contribution in [0, 0.1) is 6.92 Å². The Labute approximate surface area is 108 Å². The topological polar surface area (TPSA) is 19.7 Å². The first-order valence-electron chi connectivity index (χ1n) is 6.83. The van der Waals surface area contributed by atoms with E-state index in [1.165, 1.54) is 36.4 Å². The van der Waals surface area contributed by atoms with Crippen molar-refractivity contribution in [3.8, 4) is 0 Å². The molecule has 2 aromatic rings. The van der Waals surface area contributed by atoms with E-state index in [1.54, 1.807) is 0 Å². The van der Waals surface area contributed by atoms with Gasteiger partial charge in [0.15, 0.2) is 0 Å². The van der Waals surface area contributed by atoms with Crippen LogP contribution in [-0.4, -0.2) is 42.0 Å². The lowest BCUT2D eigenvalue weighted by Gasteiger charge is -2.27. The predicted octanol–water partition coefficient (Wildman–Crippen LogP) is 1.70. The number of aryl methyl sites for hydroxylation is 1. The Balaban J connectivity index is 1.75. The van der Waals surface area contributed by atoms with Crippen LogP contribution in [-0.2, 0) is 6.42 Å². The number of nitrogens with zero attached hydrogens (tertiary/aromatic N) is 2. The van der Waals surface area contributed by atoms with Crippen molar-refractivity contribution >= 4 is 5.52 Å². The molecule has 18 heavy (non-hydrogen) atoms. The van der Waals surface area contributed by atoms with Gasteiger partial charge in [-0.15, -0.1) is 0 Å². The highest BCUT2D eigenvalue weighted by atomic mass is 15.2. The zero-order valence-electron chi connectivity index (χ0n) is 11.0. The fourth-order valence-corrected chi connectivity index (χ4v) is 2.83. The molecule has 1 aliphatic rings. The van der Waals surface area contributed by atoms with Crippen LogP contribution in [0.15, 0.2) is 30.5 Å². The van der Waals surface area contributed by atoms with Crippen molar-refractivity contribution in [2.24, 2.45) is 0 Å². The maximum absolute atomic E-state index is 3.40. The average Bonchev–Trinajstić information content (AvgIpc) is 2.73. The zero-order chi connectivity index (χ0) is 12.4. The van der Waals surface area contributed by atoms with Gasteiger partial charge in [0.2, 0.25) is 0 Å². The highest BCUT2D eigenvalue weighted by Crippen LogP contribution is 2.16. The van der Waals surface area contributed by atoms with Gasteiger partial charge in [0.05, 0.1) is 0 Å². The molecule has 0 bridgehead atoms. The molecule has 1 fully saturated rings. The van der Waals surface area contributed by atoms with E-state index in [-0.39, 0.29) is 0 Å². The molecule has 0 amide bonds. The quantitative estimate of drug-likeness (QED) is 0.885. The van der Waals surface area contributed by atoms with Crippen molar-refractivity contribution in [2.45, 2.75) is 13.3 Å². The number of nitrogens with one attached hydrogen (secondary N) is 1. The Morgan fingerprint density at radius 1 is 1.22 bits per heavy atom. The van der Waals surface area contributed by atoms with Gasteiger partial charge < -0.3 is 14.6 Å². The van der Waals surface area contributed by atoms with E-state index in [1.807, 2.05) is 0 Å². The van der Waals surface area contributed by atoms with E-state index in [9.17, 15) is 0 Å². The average molecular weight is 243 g/mol. The Kier molecular flexibility index (Phi) is 3.35. The molecule has 1 N–H and O–H groups in total. The molecule has 3 rings (SSSR count). The van der Waals surface area contributed by atoms with E-state index < -0.39 is 0 Å². The lowest BCUT2D eigenvalue weighted by Crippen LogP contribution is -2.44. The number of aromatic nitrogens is 1. The van der Waals surface area contributed by atoms with E-state index in [0.717, 1.165) is 19.5 Å². The van der Waals surface area contributed by atoms with Crippen LogP contribution in [0.3, 0.4) is 0 Å². The summed E-state index contributed by atoms with van der Waals surface area (Å²) in [4.78, 5) is 2.55. The molecule has 0 atom stereocenters. The van der Waals surface area contributed by atoms with Crippen molar-refractivity contribution in [1.29, 1.82) is 0 Å². The maximum Gasteiger partial charge on any atom is 0.0455 e. The summed E-state index contributed by atoms with van der Waals surface area (Å²) in [6, 6.07) is 8.68. The van der Waals surface area contributed by atoms with Gasteiger partial charge in [0.1, 0.15) is 0 Å². The third kappa shape index (κ3) is 2.28. The molecule has 0 unspecified atom stereocenters. The first-order valence-corrected chi connectivity index (χ1v) is 6.83. The number of piperazine rings is 1. The van der Waals surface area contributed by atoms with Gasteiger partial charge in [-0.25, -0.2) is 0 Å². The van der Waals surface area contributed by atoms with Gasteiger partial charge in [-0.2, -0.15) is 0 Å². The van der Waals surface area contributed by atoms with E-state index in [0.29, 0.717) is 0 Å². The van der Waals surface area contributed by atoms with Gasteiger partial charge >= 0.3 is 0 Å². The highest BCUT2D eigenvalue weighted by molar-refractivity contribution is 5.53. The second-order valence-corrected chi connectivity index (χ2v) is 5.11. The number of hydrogen-bond acceptors (Lipinski definition) is 2. The Morgan fingerprint density at radius 3 is 2.89 bits per heavy atom. The molecule has 3 nitrogen and oxygen atoms in total. The summed E-state index contributed by atoms with van der Waals surface area (Å²) < 4.78 is 2.33. The summed E-state index contributed by atoms with van der Waals surface area (Å²) in [5.74, 6) is 0. The first-order chi connectivity index (χ1) is 8.84. The minimum Gasteiger partial charge on any atom is -0.321 e. The summed E-state index contributed by atoms with van der Waals surface area (Å²) in [6.07, 6.45) is 3.32. The molecule has 0 aliphatic carbocycles. The monoisotopic (exact) mass is 243 g/mol. The molecule has 0 radical (unpaired) electrons. The molecule has 2 aromatic heterocycles. The third-order valence-electron chi connectivity index (χ3n) is 3.88. The molecule has 1 saturated heterocycles. The minimum absolute atomic E-state index is 1.13. The Hall–Kier alpha value is -1.32. The number of rotatable bonds is 3. The normalized spacial score (nSPS) is 17.4. The van der Waals surface area contributed by atoms with E-state index in [4.69, 9.17) is 0 Å². The Bertz CT molecular complexity index is 524. The zero-order valence-corrected chi connectivity index (χ0v) is 11.0.